The minimum Gasteiger partial charge on any atom is -0.288 e. The number of hydrogen-bond donors (Lipinski definition) is 0. The van der Waals surface area contributed by atoms with Crippen LogP contribution in [0, 0.1) is 0 Å². The van der Waals surface area contributed by atoms with Crippen LogP contribution in [-0.4, -0.2) is 20.9 Å². The van der Waals surface area contributed by atoms with Gasteiger partial charge in [0.1, 0.15) is 15.8 Å². The first kappa shape index (κ1) is 14.9. The minimum absolute atomic E-state index is 0.425. The number of fused-ring (bicyclic) bond motifs is 1. The average Bonchev–Trinajstić information content (AvgIpc) is 3.08. The highest BCUT2D eigenvalue weighted by Crippen LogP contribution is 2.25. The summed E-state index contributed by atoms with van der Waals surface area (Å²) in [4.78, 5) is 13.8. The van der Waals surface area contributed by atoms with Crippen LogP contribution < -0.4 is 0 Å². The zero-order chi connectivity index (χ0) is 14.8. The first-order valence-electron chi connectivity index (χ1n) is 6.79. The van der Waals surface area contributed by atoms with Gasteiger partial charge in [0.25, 0.3) is 0 Å². The van der Waals surface area contributed by atoms with Crippen molar-refractivity contribution >= 4 is 44.5 Å². The zero-order valence-corrected chi connectivity index (χ0v) is 14.3. The molecule has 3 heterocycles. The molecule has 3 aromatic heterocycles. The highest BCUT2D eigenvalue weighted by Gasteiger charge is 2.15. The maximum Gasteiger partial charge on any atom is 0.145 e. The van der Waals surface area contributed by atoms with Crippen LogP contribution in [0.5, 0.6) is 0 Å². The van der Waals surface area contributed by atoms with E-state index in [0.29, 0.717) is 17.7 Å². The Morgan fingerprint density at radius 3 is 2.71 bits per heavy atom. The van der Waals surface area contributed by atoms with E-state index in [2.05, 4.69) is 46.2 Å². The molecule has 0 aromatic carbocycles. The molecule has 0 fully saturated rings. The summed E-state index contributed by atoms with van der Waals surface area (Å²) in [6, 6.07) is 6.64. The summed E-state index contributed by atoms with van der Waals surface area (Å²) in [7, 11) is 0. The van der Waals surface area contributed by atoms with Crippen molar-refractivity contribution in [2.75, 3.05) is 0 Å². The van der Waals surface area contributed by atoms with Gasteiger partial charge in [-0.15, -0.1) is 22.7 Å². The van der Waals surface area contributed by atoms with Gasteiger partial charge in [0.15, 0.2) is 0 Å². The van der Waals surface area contributed by atoms with Crippen LogP contribution in [0.15, 0.2) is 29.0 Å². The highest BCUT2D eigenvalue weighted by molar-refractivity contribution is 7.16. The van der Waals surface area contributed by atoms with Gasteiger partial charge in [0, 0.05) is 22.8 Å². The molecular weight excluding hydrogens is 322 g/mol. The summed E-state index contributed by atoms with van der Waals surface area (Å²) in [5.74, 6) is 0.792. The number of aromatic nitrogens is 2. The van der Waals surface area contributed by atoms with E-state index in [1.807, 2.05) is 11.4 Å². The fourth-order valence-corrected chi connectivity index (χ4v) is 3.96. The van der Waals surface area contributed by atoms with Crippen molar-refractivity contribution < 1.29 is 0 Å². The van der Waals surface area contributed by atoms with Crippen molar-refractivity contribution in [1.29, 1.82) is 0 Å². The molecule has 3 nitrogen and oxygen atoms in total. The van der Waals surface area contributed by atoms with Gasteiger partial charge in [-0.3, -0.25) is 4.90 Å². The average molecular weight is 338 g/mol. The monoisotopic (exact) mass is 337 g/mol. The van der Waals surface area contributed by atoms with Crippen LogP contribution in [0.3, 0.4) is 0 Å². The lowest BCUT2D eigenvalue weighted by Gasteiger charge is -2.25. The van der Waals surface area contributed by atoms with Crippen molar-refractivity contribution in [3.8, 4) is 0 Å². The van der Waals surface area contributed by atoms with Gasteiger partial charge >= 0.3 is 0 Å². The third kappa shape index (κ3) is 3.43. The predicted octanol–water partition coefficient (Wildman–Crippen LogP) is 4.82. The number of rotatable bonds is 5. The zero-order valence-electron chi connectivity index (χ0n) is 11.9. The van der Waals surface area contributed by atoms with Crippen LogP contribution in [0.2, 0.25) is 5.15 Å². The first-order valence-corrected chi connectivity index (χ1v) is 8.93. The Morgan fingerprint density at radius 1 is 1.14 bits per heavy atom. The van der Waals surface area contributed by atoms with Gasteiger partial charge in [-0.1, -0.05) is 17.7 Å². The van der Waals surface area contributed by atoms with Crippen LogP contribution in [0.1, 0.15) is 24.5 Å². The van der Waals surface area contributed by atoms with Gasteiger partial charge in [-0.2, -0.15) is 0 Å². The van der Waals surface area contributed by atoms with E-state index < -0.39 is 0 Å². The normalized spacial score (nSPS) is 11.9. The Bertz CT molecular complexity index is 722. The lowest BCUT2D eigenvalue weighted by atomic mass is 10.3. The summed E-state index contributed by atoms with van der Waals surface area (Å²) >= 11 is 9.63. The molecule has 0 amide bonds. The second-order valence-electron chi connectivity index (χ2n) is 5.15. The largest absolute Gasteiger partial charge is 0.288 e. The number of thiophene rings is 2. The Morgan fingerprint density at radius 2 is 2.00 bits per heavy atom. The van der Waals surface area contributed by atoms with E-state index in [0.717, 1.165) is 22.6 Å². The SMILES string of the molecule is CC(C)N(Cc1nc(Cl)c2ccsc2n1)Cc1cccs1. The number of halogens is 1. The van der Waals surface area contributed by atoms with Crippen LogP contribution in [-0.2, 0) is 13.1 Å². The van der Waals surface area contributed by atoms with Gasteiger partial charge < -0.3 is 0 Å². The van der Waals surface area contributed by atoms with Crippen molar-refractivity contribution in [2.45, 2.75) is 33.0 Å². The molecule has 21 heavy (non-hydrogen) atoms. The van der Waals surface area contributed by atoms with E-state index >= 15 is 0 Å². The topological polar surface area (TPSA) is 29.0 Å². The molecule has 0 bridgehead atoms. The summed E-state index contributed by atoms with van der Waals surface area (Å²) < 4.78 is 0. The number of nitrogens with zero attached hydrogens (tertiary/aromatic N) is 3. The van der Waals surface area contributed by atoms with Crippen LogP contribution in [0.25, 0.3) is 10.2 Å². The molecule has 0 aliphatic rings. The Balaban J connectivity index is 1.83. The second kappa shape index (κ2) is 6.40. The summed E-state index contributed by atoms with van der Waals surface area (Å²) in [5.41, 5.74) is 0. The Hall–Kier alpha value is -1.01. The highest BCUT2D eigenvalue weighted by atomic mass is 35.5. The Labute approximate surface area is 137 Å². The number of hydrogen-bond acceptors (Lipinski definition) is 5. The lowest BCUT2D eigenvalue weighted by molar-refractivity contribution is 0.200. The molecule has 0 aliphatic heterocycles. The van der Waals surface area contributed by atoms with Gasteiger partial charge in [-0.05, 0) is 36.7 Å². The summed E-state index contributed by atoms with van der Waals surface area (Å²) in [6.45, 7) is 6.01. The smallest absolute Gasteiger partial charge is 0.145 e. The molecule has 0 saturated heterocycles. The molecule has 0 radical (unpaired) electrons. The fraction of sp³-hybridized carbons (Fsp3) is 0.333. The van der Waals surface area contributed by atoms with Crippen molar-refractivity contribution in [3.63, 3.8) is 0 Å². The van der Waals surface area contributed by atoms with E-state index in [9.17, 15) is 0 Å². The van der Waals surface area contributed by atoms with Gasteiger partial charge in [-0.25, -0.2) is 9.97 Å². The summed E-state index contributed by atoms with van der Waals surface area (Å²) in [6.07, 6.45) is 0. The molecule has 0 saturated carbocycles. The molecule has 3 aromatic rings. The van der Waals surface area contributed by atoms with Crippen molar-refractivity contribution in [3.05, 3.63) is 44.8 Å². The summed E-state index contributed by atoms with van der Waals surface area (Å²) in [5, 5.41) is 5.61. The van der Waals surface area contributed by atoms with E-state index in [4.69, 9.17) is 11.6 Å². The third-order valence-corrected chi connectivity index (χ3v) is 5.29. The second-order valence-corrected chi connectivity index (χ2v) is 7.43. The molecule has 0 aliphatic carbocycles. The quantitative estimate of drug-likeness (QED) is 0.625. The van der Waals surface area contributed by atoms with E-state index in [1.165, 1.54) is 4.88 Å². The van der Waals surface area contributed by atoms with Crippen LogP contribution >= 0.6 is 34.3 Å². The molecule has 110 valence electrons. The van der Waals surface area contributed by atoms with E-state index in [1.54, 1.807) is 22.7 Å². The molecule has 0 spiro atoms. The minimum atomic E-state index is 0.425. The third-order valence-electron chi connectivity index (χ3n) is 3.34. The van der Waals surface area contributed by atoms with Crippen molar-refractivity contribution in [1.82, 2.24) is 14.9 Å². The molecule has 0 N–H and O–H groups in total. The molecule has 3 rings (SSSR count). The molecular formula is C15H16ClN3S2. The molecule has 0 atom stereocenters. The fourth-order valence-electron chi connectivity index (χ4n) is 2.14. The Kier molecular flexibility index (Phi) is 4.54. The van der Waals surface area contributed by atoms with Crippen LogP contribution in [0.4, 0.5) is 0 Å². The maximum atomic E-state index is 6.25. The van der Waals surface area contributed by atoms with Gasteiger partial charge in [0.2, 0.25) is 0 Å². The lowest BCUT2D eigenvalue weighted by Crippen LogP contribution is -2.30. The molecule has 0 unspecified atom stereocenters. The first-order chi connectivity index (χ1) is 10.1. The van der Waals surface area contributed by atoms with E-state index in [-0.39, 0.29) is 0 Å². The maximum absolute atomic E-state index is 6.25. The molecule has 6 heteroatoms. The van der Waals surface area contributed by atoms with Gasteiger partial charge in [0.05, 0.1) is 6.54 Å². The standard InChI is InChI=1S/C15H16ClN3S2/c1-10(2)19(8-11-4-3-6-20-11)9-13-17-14(16)12-5-7-21-15(12)18-13/h3-7,10H,8-9H2,1-2H3. The predicted molar refractivity (Wildman–Crippen MR) is 91.1 cm³/mol. The van der Waals surface area contributed by atoms with Crippen molar-refractivity contribution in [2.24, 2.45) is 0 Å².